The highest BCUT2D eigenvalue weighted by Gasteiger charge is 2.35. The second-order valence-corrected chi connectivity index (χ2v) is 47.3. The van der Waals surface area contributed by atoms with E-state index in [1.54, 1.807) is 18.5 Å². The smallest absolute Gasteiger partial charge is 0.251 e. The largest absolute Gasteiger partial charge is 0.368 e. The molecule has 12 aromatic rings. The SMILES string of the molecule is Cn1ncc(-c2cc(=O)[nH]c(CC3CCC(N)CC3)n2)c1CC1CC1.Cn1ncc(-c2cc(=O)[nH]c(CC3CCC(N)CC3)n2)c1CC1CC1.Cn1ncc(-c2cc(CC3CCC(N)CC3)nc(N)n2)c1CC1CC1.Cn1ncc(-c2cc(CC3CCC(N)CC3)ncc2Cl)c1CC1CC1.Cn1ncc(-c2cc(CC3CCC(N)CC3)ncn2)c1CC1CC1.Cn1ncc(-c2cccc(CC3CCC(N)CC3)n2)c1CC1CC1. The average Bonchev–Trinajstić information content (AvgIpc) is 1.93. The fraction of sp³-hybridized carbons (Fsp3) is 0.621. The van der Waals surface area contributed by atoms with E-state index in [1.807, 2.05) is 107 Å². The van der Waals surface area contributed by atoms with Gasteiger partial charge in [-0.05, 0) is 397 Å². The molecule has 12 heterocycles. The molecule has 0 unspecified atom stereocenters. The number of aryl methyl sites for hydroxylation is 6. The van der Waals surface area contributed by atoms with Gasteiger partial charge in [0.2, 0.25) is 5.95 Å². The number of hydrogen-bond donors (Lipinski definition) is 9. The minimum absolute atomic E-state index is 0.0752. The molecule has 148 heavy (non-hydrogen) atoms. The van der Waals surface area contributed by atoms with Crippen LogP contribution in [0.4, 0.5) is 5.95 Å². The van der Waals surface area contributed by atoms with Gasteiger partial charge in [0.1, 0.15) is 18.0 Å². The molecule has 0 aliphatic heterocycles. The standard InChI is InChI=1S/C20H27ClN4.C20H28N4.C19H28N6.2C19H27N5O.C19H27N5/c1-25-20(9-14-2-3-14)18(11-24-25)17-10-16(23-12-19(17)21)8-13-4-6-15(22)7-5-13;1-24-20(12-15-5-6-15)18(13-22-24)19-4-2-3-17(23-19)11-14-7-9-16(21)10-8-14;1-25-18(9-13-2-3-13)16(11-22-25)17-10-15(23-19(21)24-17)8-12-4-6-14(20)7-5-12;2*1-24-17(8-12-2-3-12)15(11-21-24)16-10-19(25)23-18(22-16)9-13-4-6-14(20)7-5-13;1-24-19(9-14-2-3-14)17(11-23-24)18-10-16(21-12-22-18)8-13-4-6-15(20)7-5-13/h10-15H,2-9,22H2,1H3;2-4,13-16H,5-12,21H2,1H3;10-14H,2-9,20H2,1H3,(H2,21,23,24);2*10-14H,2-9,20H2,1H3,(H,22,23,25);10-15H,2-9,20H2,1H3. The van der Waals surface area contributed by atoms with E-state index in [0.29, 0.717) is 71.8 Å². The Balaban J connectivity index is 0.000000112. The van der Waals surface area contributed by atoms with Crippen molar-refractivity contribution in [3.05, 3.63) is 193 Å². The lowest BCUT2D eigenvalue weighted by Crippen LogP contribution is -2.28. The van der Waals surface area contributed by atoms with Crippen molar-refractivity contribution in [2.75, 3.05) is 5.73 Å². The summed E-state index contributed by atoms with van der Waals surface area (Å²) in [7, 11) is 12.1. The molecule has 12 aromatic heterocycles. The van der Waals surface area contributed by atoms with Crippen molar-refractivity contribution < 1.29 is 0 Å². The third-order valence-electron chi connectivity index (χ3n) is 34.2. The fourth-order valence-electron chi connectivity index (χ4n) is 23.6. The Kier molecular flexibility index (Phi) is 35.1. The number of halogens is 1. The summed E-state index contributed by atoms with van der Waals surface area (Å²) in [6.07, 6.45) is 70.8. The molecule has 12 saturated carbocycles. The number of hydrogen-bond acceptors (Lipinski definition) is 23. The van der Waals surface area contributed by atoms with Crippen LogP contribution < -0.4 is 51.3 Å². The Morgan fingerprint density at radius 3 is 0.878 bits per heavy atom. The first kappa shape index (κ1) is 106. The van der Waals surface area contributed by atoms with Crippen LogP contribution in [0.1, 0.15) is 300 Å². The van der Waals surface area contributed by atoms with Crippen LogP contribution in [0.2, 0.25) is 5.02 Å². The summed E-state index contributed by atoms with van der Waals surface area (Å²) < 4.78 is 11.9. The molecule has 0 bridgehead atoms. The van der Waals surface area contributed by atoms with E-state index in [9.17, 15) is 9.59 Å². The molecule has 0 saturated heterocycles. The maximum atomic E-state index is 12.2. The lowest BCUT2D eigenvalue weighted by Gasteiger charge is -2.25. The van der Waals surface area contributed by atoms with Gasteiger partial charge in [-0.3, -0.25) is 47.6 Å². The van der Waals surface area contributed by atoms with Crippen molar-refractivity contribution in [1.82, 2.24) is 109 Å². The number of nitrogen functional groups attached to an aromatic ring is 1. The number of nitrogens with two attached hydrogens (primary N) is 7. The van der Waals surface area contributed by atoms with Gasteiger partial charge in [0.15, 0.2) is 0 Å². The van der Waals surface area contributed by atoms with Gasteiger partial charge in [0, 0.05) is 206 Å². The highest BCUT2D eigenvalue weighted by atomic mass is 35.5. The van der Waals surface area contributed by atoms with E-state index < -0.39 is 0 Å². The maximum Gasteiger partial charge on any atom is 0.251 e. The zero-order chi connectivity index (χ0) is 103. The molecule has 16 N–H and O–H groups in total. The lowest BCUT2D eigenvalue weighted by molar-refractivity contribution is 0.321. The molecule has 0 radical (unpaired) electrons. The Labute approximate surface area is 878 Å². The second-order valence-electron chi connectivity index (χ2n) is 46.9. The van der Waals surface area contributed by atoms with Crippen LogP contribution in [-0.4, -0.2) is 145 Å². The normalized spacial score (nSPS) is 23.9. The average molecular weight is 2030 g/mol. The summed E-state index contributed by atoms with van der Waals surface area (Å²) >= 11 is 6.51. The van der Waals surface area contributed by atoms with Gasteiger partial charge < -0.3 is 50.1 Å². The first-order chi connectivity index (χ1) is 71.7. The van der Waals surface area contributed by atoms with Crippen molar-refractivity contribution >= 4 is 17.5 Å². The summed E-state index contributed by atoms with van der Waals surface area (Å²) in [5.74, 6) is 10.7. The van der Waals surface area contributed by atoms with Gasteiger partial charge in [-0.25, -0.2) is 29.9 Å². The number of aromatic nitrogens is 22. The topological polar surface area (TPSA) is 458 Å². The molecule has 0 aromatic carbocycles. The summed E-state index contributed by atoms with van der Waals surface area (Å²) in [6.45, 7) is 0. The van der Waals surface area contributed by atoms with Crippen molar-refractivity contribution in [3.63, 3.8) is 0 Å². The van der Waals surface area contributed by atoms with E-state index >= 15 is 0 Å². The summed E-state index contributed by atoms with van der Waals surface area (Å²) in [6, 6.07) is 18.4. The van der Waals surface area contributed by atoms with Crippen LogP contribution in [0.25, 0.3) is 67.4 Å². The predicted molar refractivity (Wildman–Crippen MR) is 585 cm³/mol. The minimum Gasteiger partial charge on any atom is -0.368 e. The fourth-order valence-corrected chi connectivity index (χ4v) is 23.8. The van der Waals surface area contributed by atoms with Crippen LogP contribution in [0.15, 0.2) is 108 Å². The molecule has 12 aliphatic carbocycles. The van der Waals surface area contributed by atoms with E-state index in [-0.39, 0.29) is 11.1 Å². The van der Waals surface area contributed by atoms with Crippen LogP contribution in [0.5, 0.6) is 0 Å². The molecule has 0 spiro atoms. The van der Waals surface area contributed by atoms with Crippen molar-refractivity contribution in [3.8, 4) is 67.4 Å². The lowest BCUT2D eigenvalue weighted by atomic mass is 9.83. The summed E-state index contributed by atoms with van der Waals surface area (Å²) in [4.78, 5) is 67.4. The molecule has 0 amide bonds. The molecule has 0 atom stereocenters. The van der Waals surface area contributed by atoms with E-state index in [0.717, 1.165) is 293 Å². The van der Waals surface area contributed by atoms with E-state index in [1.165, 1.54) is 198 Å². The zero-order valence-corrected chi connectivity index (χ0v) is 89.5. The quantitative estimate of drug-likeness (QED) is 0.0202. The highest BCUT2D eigenvalue weighted by Crippen LogP contribution is 2.45. The Morgan fingerprint density at radius 1 is 0.264 bits per heavy atom. The molecule has 792 valence electrons. The van der Waals surface area contributed by atoms with Crippen LogP contribution in [0.3, 0.4) is 0 Å². The van der Waals surface area contributed by atoms with Crippen molar-refractivity contribution in [2.45, 2.75) is 344 Å². The van der Waals surface area contributed by atoms with Gasteiger partial charge in [-0.2, -0.15) is 30.6 Å². The van der Waals surface area contributed by atoms with E-state index in [2.05, 4.69) is 109 Å². The summed E-state index contributed by atoms with van der Waals surface area (Å²) in [5, 5.41) is 27.4. The third kappa shape index (κ3) is 29.8. The number of nitrogens with zero attached hydrogens (tertiary/aromatic N) is 20. The van der Waals surface area contributed by atoms with Gasteiger partial charge in [0.25, 0.3) is 11.1 Å². The number of anilines is 1. The Morgan fingerprint density at radius 2 is 0.534 bits per heavy atom. The molecule has 12 aliphatic rings. The number of nitrogens with one attached hydrogen (secondary N) is 2. The number of H-pyrrole nitrogens is 2. The zero-order valence-electron chi connectivity index (χ0n) is 88.8. The first-order valence-corrected chi connectivity index (χ1v) is 57.0. The van der Waals surface area contributed by atoms with Crippen LogP contribution >= 0.6 is 11.6 Å². The molecule has 12 fully saturated rings. The van der Waals surface area contributed by atoms with Crippen LogP contribution in [0, 0.1) is 71.0 Å². The van der Waals surface area contributed by atoms with Gasteiger partial charge in [0.05, 0.1) is 70.7 Å². The van der Waals surface area contributed by atoms with Crippen molar-refractivity contribution in [2.24, 2.45) is 148 Å². The van der Waals surface area contributed by atoms with Crippen molar-refractivity contribution in [1.29, 1.82) is 0 Å². The monoisotopic (exact) mass is 2030 g/mol. The number of rotatable bonds is 30. The van der Waals surface area contributed by atoms with Crippen LogP contribution in [-0.2, 0) is 119 Å². The molecule has 24 rings (SSSR count). The van der Waals surface area contributed by atoms with E-state index in [4.69, 9.17) is 66.7 Å². The number of aromatic amines is 2. The molecular weight excluding hydrogens is 1870 g/mol. The van der Waals surface area contributed by atoms with Gasteiger partial charge in [-0.15, -0.1) is 0 Å². The first-order valence-electron chi connectivity index (χ1n) is 56.6. The van der Waals surface area contributed by atoms with Gasteiger partial charge in [-0.1, -0.05) is 17.7 Å². The molecule has 32 heteroatoms. The summed E-state index contributed by atoms with van der Waals surface area (Å²) in [5.41, 5.74) is 66.4. The predicted octanol–water partition coefficient (Wildman–Crippen LogP) is 17.4. The molecule has 31 nitrogen and oxygen atoms in total. The van der Waals surface area contributed by atoms with Gasteiger partial charge >= 0.3 is 0 Å². The minimum atomic E-state index is -0.0752. The maximum absolute atomic E-state index is 12.2. The molecular formula is C116H164ClN29O2. The second kappa shape index (κ2) is 49.2. The Hall–Kier alpha value is -10.7. The highest BCUT2D eigenvalue weighted by molar-refractivity contribution is 6.33. The Bertz CT molecular complexity index is 6200. The third-order valence-corrected chi connectivity index (χ3v) is 34.5. The number of pyridine rings is 2.